The topological polar surface area (TPSA) is 54.7 Å². The van der Waals surface area contributed by atoms with Gasteiger partial charge >= 0.3 is 0 Å². The molecule has 1 saturated carbocycles. The first kappa shape index (κ1) is 8.75. The largest absolute Gasteiger partial charge is 0.344 e. The monoisotopic (exact) mass is 179 g/mol. The zero-order valence-corrected chi connectivity index (χ0v) is 8.25. The number of aromatic amines is 1. The van der Waals surface area contributed by atoms with Gasteiger partial charge < -0.3 is 10.7 Å². The average Bonchev–Trinajstić information content (AvgIpc) is 2.83. The summed E-state index contributed by atoms with van der Waals surface area (Å²) >= 11 is 0. The summed E-state index contributed by atoms with van der Waals surface area (Å²) in [5, 5.41) is 0. The molecular formula is C10H17N3. The van der Waals surface area contributed by atoms with E-state index in [1.165, 1.54) is 12.8 Å². The van der Waals surface area contributed by atoms with Gasteiger partial charge in [0.05, 0.1) is 5.69 Å². The van der Waals surface area contributed by atoms with Crippen molar-refractivity contribution in [2.45, 2.75) is 38.6 Å². The van der Waals surface area contributed by atoms with Crippen molar-refractivity contribution in [2.24, 2.45) is 11.7 Å². The number of aromatic nitrogens is 2. The maximum atomic E-state index is 6.00. The Morgan fingerprint density at radius 3 is 2.77 bits per heavy atom. The summed E-state index contributed by atoms with van der Waals surface area (Å²) in [6, 6.07) is 0.0972. The standard InChI is InChI=1S/C10H17N3/c1-6(2)9(11)8-5-12-10(13-8)7-3-4-7/h5-7,9H,3-4,11H2,1-2H3,(H,12,13)/t9-/m0/s1. The highest BCUT2D eigenvalue weighted by molar-refractivity contribution is 5.13. The fourth-order valence-electron chi connectivity index (χ4n) is 1.44. The minimum Gasteiger partial charge on any atom is -0.344 e. The summed E-state index contributed by atoms with van der Waals surface area (Å²) in [6.07, 6.45) is 4.45. The van der Waals surface area contributed by atoms with Gasteiger partial charge in [0.2, 0.25) is 0 Å². The highest BCUT2D eigenvalue weighted by Gasteiger charge is 2.27. The molecule has 0 aliphatic heterocycles. The highest BCUT2D eigenvalue weighted by Crippen LogP contribution is 2.38. The zero-order chi connectivity index (χ0) is 9.42. The molecule has 1 aliphatic carbocycles. The fourth-order valence-corrected chi connectivity index (χ4v) is 1.44. The summed E-state index contributed by atoms with van der Waals surface area (Å²) in [4.78, 5) is 7.67. The van der Waals surface area contributed by atoms with Gasteiger partial charge in [0, 0.05) is 18.2 Å². The Kier molecular flexibility index (Phi) is 2.12. The Labute approximate surface area is 78.7 Å². The van der Waals surface area contributed by atoms with Gasteiger partial charge in [-0.1, -0.05) is 13.8 Å². The van der Waals surface area contributed by atoms with Crippen LogP contribution in [0.3, 0.4) is 0 Å². The minimum absolute atomic E-state index is 0.0972. The van der Waals surface area contributed by atoms with Crippen LogP contribution in [-0.2, 0) is 0 Å². The second-order valence-corrected chi connectivity index (χ2v) is 4.27. The van der Waals surface area contributed by atoms with E-state index in [1.807, 2.05) is 6.20 Å². The van der Waals surface area contributed by atoms with Crippen LogP contribution in [-0.4, -0.2) is 9.97 Å². The quantitative estimate of drug-likeness (QED) is 0.745. The van der Waals surface area contributed by atoms with E-state index in [-0.39, 0.29) is 6.04 Å². The molecule has 3 nitrogen and oxygen atoms in total. The van der Waals surface area contributed by atoms with Crippen LogP contribution in [0.15, 0.2) is 6.20 Å². The van der Waals surface area contributed by atoms with Crippen molar-refractivity contribution in [2.75, 3.05) is 0 Å². The Bertz CT molecular complexity index is 286. The van der Waals surface area contributed by atoms with Crippen molar-refractivity contribution in [1.82, 2.24) is 9.97 Å². The summed E-state index contributed by atoms with van der Waals surface area (Å²) in [7, 11) is 0. The Morgan fingerprint density at radius 1 is 1.54 bits per heavy atom. The lowest BCUT2D eigenvalue weighted by Crippen LogP contribution is -2.16. The summed E-state index contributed by atoms with van der Waals surface area (Å²) in [6.45, 7) is 4.25. The first-order valence-corrected chi connectivity index (χ1v) is 4.99. The zero-order valence-electron chi connectivity index (χ0n) is 8.25. The molecule has 0 unspecified atom stereocenters. The molecule has 0 saturated heterocycles. The van der Waals surface area contributed by atoms with Gasteiger partial charge in [-0.15, -0.1) is 0 Å². The summed E-state index contributed by atoms with van der Waals surface area (Å²) < 4.78 is 0. The van der Waals surface area contributed by atoms with E-state index < -0.39 is 0 Å². The molecule has 2 rings (SSSR count). The third-order valence-corrected chi connectivity index (χ3v) is 2.66. The predicted octanol–water partition coefficient (Wildman–Crippen LogP) is 1.94. The van der Waals surface area contributed by atoms with Crippen LogP contribution in [0.2, 0.25) is 0 Å². The van der Waals surface area contributed by atoms with Gasteiger partial charge in [0.15, 0.2) is 0 Å². The van der Waals surface area contributed by atoms with Crippen LogP contribution in [0.1, 0.15) is 50.2 Å². The molecule has 0 aromatic carbocycles. The lowest BCUT2D eigenvalue weighted by atomic mass is 10.0. The number of hydrogen-bond donors (Lipinski definition) is 2. The molecule has 3 N–H and O–H groups in total. The lowest BCUT2D eigenvalue weighted by Gasteiger charge is -2.12. The van der Waals surface area contributed by atoms with E-state index in [9.17, 15) is 0 Å². The van der Waals surface area contributed by atoms with E-state index in [2.05, 4.69) is 23.8 Å². The van der Waals surface area contributed by atoms with E-state index in [0.29, 0.717) is 11.8 Å². The molecule has 1 heterocycles. The maximum Gasteiger partial charge on any atom is 0.109 e. The normalized spacial score (nSPS) is 19.4. The number of rotatable bonds is 3. The second kappa shape index (κ2) is 3.14. The van der Waals surface area contributed by atoms with Crippen LogP contribution in [0.5, 0.6) is 0 Å². The molecule has 1 aromatic rings. The molecule has 1 aromatic heterocycles. The van der Waals surface area contributed by atoms with Crippen molar-refractivity contribution in [3.05, 3.63) is 17.7 Å². The molecule has 1 aliphatic rings. The smallest absolute Gasteiger partial charge is 0.109 e. The Hall–Kier alpha value is -0.830. The number of H-pyrrole nitrogens is 1. The first-order chi connectivity index (χ1) is 6.18. The number of nitrogens with one attached hydrogen (secondary N) is 1. The SMILES string of the molecule is CC(C)[C@H](N)c1cnc(C2CC2)[nH]1. The third kappa shape index (κ3) is 1.75. The maximum absolute atomic E-state index is 6.00. The number of imidazole rings is 1. The van der Waals surface area contributed by atoms with E-state index >= 15 is 0 Å². The van der Waals surface area contributed by atoms with Crippen LogP contribution in [0, 0.1) is 5.92 Å². The van der Waals surface area contributed by atoms with Crippen molar-refractivity contribution in [1.29, 1.82) is 0 Å². The Balaban J connectivity index is 2.11. The molecule has 1 fully saturated rings. The summed E-state index contributed by atoms with van der Waals surface area (Å²) in [5.41, 5.74) is 7.08. The molecule has 0 amide bonds. The first-order valence-electron chi connectivity index (χ1n) is 4.99. The summed E-state index contributed by atoms with van der Waals surface area (Å²) in [5.74, 6) is 2.28. The van der Waals surface area contributed by atoms with Gasteiger partial charge in [0.25, 0.3) is 0 Å². The molecule has 13 heavy (non-hydrogen) atoms. The second-order valence-electron chi connectivity index (χ2n) is 4.27. The van der Waals surface area contributed by atoms with Crippen molar-refractivity contribution in [3.63, 3.8) is 0 Å². The number of nitrogens with two attached hydrogens (primary N) is 1. The lowest BCUT2D eigenvalue weighted by molar-refractivity contribution is 0.504. The third-order valence-electron chi connectivity index (χ3n) is 2.66. The van der Waals surface area contributed by atoms with E-state index in [4.69, 9.17) is 5.73 Å². The molecular weight excluding hydrogens is 162 g/mol. The highest BCUT2D eigenvalue weighted by atomic mass is 15.0. The molecule has 0 spiro atoms. The van der Waals surface area contributed by atoms with Crippen LogP contribution >= 0.6 is 0 Å². The van der Waals surface area contributed by atoms with Crippen molar-refractivity contribution in [3.8, 4) is 0 Å². The molecule has 3 heteroatoms. The van der Waals surface area contributed by atoms with Gasteiger partial charge in [-0.05, 0) is 18.8 Å². The average molecular weight is 179 g/mol. The van der Waals surface area contributed by atoms with Crippen LogP contribution < -0.4 is 5.73 Å². The Morgan fingerprint density at radius 2 is 2.23 bits per heavy atom. The molecule has 0 radical (unpaired) electrons. The fraction of sp³-hybridized carbons (Fsp3) is 0.700. The van der Waals surface area contributed by atoms with E-state index in [1.54, 1.807) is 0 Å². The van der Waals surface area contributed by atoms with Crippen LogP contribution in [0.4, 0.5) is 0 Å². The van der Waals surface area contributed by atoms with Gasteiger partial charge in [-0.2, -0.15) is 0 Å². The van der Waals surface area contributed by atoms with Crippen LogP contribution in [0.25, 0.3) is 0 Å². The van der Waals surface area contributed by atoms with E-state index in [0.717, 1.165) is 11.5 Å². The number of hydrogen-bond acceptors (Lipinski definition) is 2. The van der Waals surface area contributed by atoms with Crippen molar-refractivity contribution >= 4 is 0 Å². The van der Waals surface area contributed by atoms with Gasteiger partial charge in [0.1, 0.15) is 5.82 Å². The molecule has 72 valence electrons. The molecule has 1 atom stereocenters. The predicted molar refractivity (Wildman–Crippen MR) is 52.3 cm³/mol. The molecule has 0 bridgehead atoms. The minimum atomic E-state index is 0.0972. The number of nitrogens with zero attached hydrogens (tertiary/aromatic N) is 1. The van der Waals surface area contributed by atoms with Gasteiger partial charge in [-0.3, -0.25) is 0 Å². The van der Waals surface area contributed by atoms with Crippen molar-refractivity contribution < 1.29 is 0 Å². The van der Waals surface area contributed by atoms with Gasteiger partial charge in [-0.25, -0.2) is 4.98 Å².